The van der Waals surface area contributed by atoms with E-state index < -0.39 is 12.1 Å². The maximum Gasteiger partial charge on any atom is 0.246 e. The van der Waals surface area contributed by atoms with Crippen LogP contribution in [0.5, 0.6) is 0 Å². The van der Waals surface area contributed by atoms with E-state index in [4.69, 9.17) is 11.6 Å². The Morgan fingerprint density at radius 2 is 2.00 bits per heavy atom. The Balaban J connectivity index is 3.01. The van der Waals surface area contributed by atoms with Crippen molar-refractivity contribution in [3.05, 3.63) is 11.6 Å². The van der Waals surface area contributed by atoms with Gasteiger partial charge in [0.1, 0.15) is 12.1 Å². The van der Waals surface area contributed by atoms with Gasteiger partial charge in [-0.1, -0.05) is 51.8 Å². The highest BCUT2D eigenvalue weighted by molar-refractivity contribution is 6.25. The molecular formula is C14H23ClN2O2. The minimum absolute atomic E-state index is 0.0117. The number of hydrogen-bond acceptors (Lipinski definition) is 2. The van der Waals surface area contributed by atoms with Crippen molar-refractivity contribution in [3.63, 3.8) is 0 Å². The molecule has 1 saturated heterocycles. The Bertz CT molecular complexity index is 368. The number of piperazine rings is 1. The predicted molar refractivity (Wildman–Crippen MR) is 76.7 cm³/mol. The molecule has 1 heterocycles. The summed E-state index contributed by atoms with van der Waals surface area (Å²) >= 11 is 5.54. The molecule has 19 heavy (non-hydrogen) atoms. The van der Waals surface area contributed by atoms with Crippen LogP contribution >= 0.6 is 11.6 Å². The van der Waals surface area contributed by atoms with E-state index in [0.29, 0.717) is 6.54 Å². The topological polar surface area (TPSA) is 49.4 Å². The molecule has 1 N–H and O–H groups in total. The molecule has 0 aromatic carbocycles. The van der Waals surface area contributed by atoms with Crippen molar-refractivity contribution in [1.29, 1.82) is 0 Å². The van der Waals surface area contributed by atoms with Crippen molar-refractivity contribution in [1.82, 2.24) is 10.2 Å². The van der Waals surface area contributed by atoms with Gasteiger partial charge in [-0.05, 0) is 11.8 Å². The highest BCUT2D eigenvalue weighted by Crippen LogP contribution is 2.21. The third kappa shape index (κ3) is 3.50. The minimum atomic E-state index is -0.420. The summed E-state index contributed by atoms with van der Waals surface area (Å²) in [7, 11) is 0. The highest BCUT2D eigenvalue weighted by Gasteiger charge is 2.42. The molecule has 3 unspecified atom stereocenters. The maximum absolute atomic E-state index is 12.5. The normalized spacial score (nSPS) is 26.1. The molecule has 1 rings (SSSR count). The lowest BCUT2D eigenvalue weighted by atomic mass is 9.91. The molecule has 0 aromatic heterocycles. The molecule has 5 heteroatoms. The molecule has 0 spiro atoms. The van der Waals surface area contributed by atoms with Gasteiger partial charge < -0.3 is 10.2 Å². The highest BCUT2D eigenvalue weighted by atomic mass is 35.5. The lowest BCUT2D eigenvalue weighted by Crippen LogP contribution is -2.66. The maximum atomic E-state index is 12.5. The van der Waals surface area contributed by atoms with Crippen LogP contribution in [0.15, 0.2) is 11.6 Å². The largest absolute Gasteiger partial charge is 0.342 e. The zero-order chi connectivity index (χ0) is 14.6. The number of halogens is 1. The summed E-state index contributed by atoms with van der Waals surface area (Å²) in [5.74, 6) is 0.128. The first-order valence-corrected chi connectivity index (χ1v) is 7.23. The van der Waals surface area contributed by atoms with Gasteiger partial charge in [-0.15, -0.1) is 0 Å². The number of amides is 2. The van der Waals surface area contributed by atoms with Crippen molar-refractivity contribution in [2.45, 2.75) is 46.2 Å². The van der Waals surface area contributed by atoms with Gasteiger partial charge in [0, 0.05) is 12.1 Å². The van der Waals surface area contributed by atoms with Gasteiger partial charge in [-0.3, -0.25) is 9.59 Å². The molecule has 0 radical (unpaired) electrons. The fourth-order valence-corrected chi connectivity index (χ4v) is 2.48. The predicted octanol–water partition coefficient (Wildman–Crippen LogP) is 2.14. The Morgan fingerprint density at radius 3 is 2.47 bits per heavy atom. The molecule has 0 aliphatic carbocycles. The van der Waals surface area contributed by atoms with Crippen LogP contribution in [0.3, 0.4) is 0 Å². The summed E-state index contributed by atoms with van der Waals surface area (Å²) < 4.78 is 0. The Labute approximate surface area is 120 Å². The van der Waals surface area contributed by atoms with Crippen molar-refractivity contribution in [2.24, 2.45) is 11.8 Å². The van der Waals surface area contributed by atoms with E-state index in [2.05, 4.69) is 5.32 Å². The lowest BCUT2D eigenvalue weighted by molar-refractivity contribution is -0.151. The van der Waals surface area contributed by atoms with Gasteiger partial charge in [-0.25, -0.2) is 0 Å². The van der Waals surface area contributed by atoms with Crippen LogP contribution in [-0.2, 0) is 9.59 Å². The number of carbonyl (C=O) groups is 2. The van der Waals surface area contributed by atoms with Gasteiger partial charge in [0.25, 0.3) is 0 Å². The number of hydrogen-bond donors (Lipinski definition) is 1. The van der Waals surface area contributed by atoms with Gasteiger partial charge in [0.05, 0.1) is 0 Å². The third-order valence-electron chi connectivity index (χ3n) is 3.69. The van der Waals surface area contributed by atoms with Gasteiger partial charge in [0.2, 0.25) is 11.8 Å². The molecule has 0 aromatic rings. The molecule has 1 aliphatic rings. The number of nitrogens with zero attached hydrogens (tertiary/aromatic N) is 1. The van der Waals surface area contributed by atoms with Crippen molar-refractivity contribution in [3.8, 4) is 0 Å². The number of carbonyl (C=O) groups excluding carboxylic acids is 2. The summed E-state index contributed by atoms with van der Waals surface area (Å²) in [6.45, 7) is 8.26. The monoisotopic (exact) mass is 286 g/mol. The van der Waals surface area contributed by atoms with E-state index in [-0.39, 0.29) is 23.7 Å². The third-order valence-corrected chi connectivity index (χ3v) is 3.87. The fraction of sp³-hybridized carbons (Fsp3) is 0.714. The average molecular weight is 287 g/mol. The summed E-state index contributed by atoms with van der Waals surface area (Å²) in [6, 6.07) is -0.836. The Hall–Kier alpha value is -1.03. The second-order valence-electron chi connectivity index (χ2n) is 5.41. The average Bonchev–Trinajstić information content (AvgIpc) is 2.37. The Kier molecular flexibility index (Phi) is 5.85. The first-order valence-electron chi connectivity index (χ1n) is 6.80. The van der Waals surface area contributed by atoms with Crippen LogP contribution in [0.4, 0.5) is 0 Å². The van der Waals surface area contributed by atoms with Crippen molar-refractivity contribution in [2.75, 3.05) is 6.54 Å². The summed E-state index contributed by atoms with van der Waals surface area (Å²) in [4.78, 5) is 26.4. The number of nitrogens with one attached hydrogen (secondary N) is 1. The van der Waals surface area contributed by atoms with E-state index in [1.54, 1.807) is 11.0 Å². The van der Waals surface area contributed by atoms with Gasteiger partial charge >= 0.3 is 0 Å². The molecule has 1 aliphatic heterocycles. The summed E-state index contributed by atoms with van der Waals surface area (Å²) in [6.07, 6.45) is 2.54. The standard InChI is InChI=1S/C14H23ClN2O2/c1-5-10(4)11-14(19)17(8-6-7-15)12(9(2)3)13(18)16-11/h6-7,9-12H,5,8H2,1-4H3,(H,16,18)/b7-6+. The smallest absolute Gasteiger partial charge is 0.246 e. The van der Waals surface area contributed by atoms with Crippen LogP contribution < -0.4 is 5.32 Å². The second kappa shape index (κ2) is 6.94. The first-order chi connectivity index (χ1) is 8.93. The summed E-state index contributed by atoms with van der Waals surface area (Å²) in [5, 5.41) is 2.87. The zero-order valence-corrected chi connectivity index (χ0v) is 12.8. The van der Waals surface area contributed by atoms with Crippen molar-refractivity contribution >= 4 is 23.4 Å². The van der Waals surface area contributed by atoms with Gasteiger partial charge in [0.15, 0.2) is 0 Å². The van der Waals surface area contributed by atoms with E-state index >= 15 is 0 Å². The van der Waals surface area contributed by atoms with Crippen LogP contribution in [0.2, 0.25) is 0 Å². The van der Waals surface area contributed by atoms with E-state index in [1.165, 1.54) is 5.54 Å². The molecule has 108 valence electrons. The second-order valence-corrected chi connectivity index (χ2v) is 5.66. The minimum Gasteiger partial charge on any atom is -0.342 e. The van der Waals surface area contributed by atoms with E-state index in [9.17, 15) is 9.59 Å². The first kappa shape index (κ1) is 16.0. The molecular weight excluding hydrogens is 264 g/mol. The van der Waals surface area contributed by atoms with Crippen LogP contribution in [-0.4, -0.2) is 35.3 Å². The Morgan fingerprint density at radius 1 is 1.37 bits per heavy atom. The molecule has 2 amide bonds. The fourth-order valence-electron chi connectivity index (χ4n) is 2.40. The van der Waals surface area contributed by atoms with Crippen molar-refractivity contribution < 1.29 is 9.59 Å². The SMILES string of the molecule is CCC(C)C1NC(=O)C(C(C)C)N(C/C=C/Cl)C1=O. The van der Waals surface area contributed by atoms with Crippen LogP contribution in [0, 0.1) is 11.8 Å². The molecule has 4 nitrogen and oxygen atoms in total. The lowest BCUT2D eigenvalue weighted by Gasteiger charge is -2.42. The quantitative estimate of drug-likeness (QED) is 0.842. The van der Waals surface area contributed by atoms with Crippen LogP contribution in [0.1, 0.15) is 34.1 Å². The van der Waals surface area contributed by atoms with Gasteiger partial charge in [-0.2, -0.15) is 0 Å². The zero-order valence-electron chi connectivity index (χ0n) is 12.0. The molecule has 3 atom stereocenters. The summed E-state index contributed by atoms with van der Waals surface area (Å²) in [5.41, 5.74) is 1.38. The molecule has 0 bridgehead atoms. The van der Waals surface area contributed by atoms with E-state index in [0.717, 1.165) is 6.42 Å². The molecule has 0 saturated carbocycles. The van der Waals surface area contributed by atoms with Crippen LogP contribution in [0.25, 0.3) is 0 Å². The van der Waals surface area contributed by atoms with E-state index in [1.807, 2.05) is 27.7 Å². The molecule has 1 fully saturated rings. The number of rotatable bonds is 5.